The van der Waals surface area contributed by atoms with Crippen molar-refractivity contribution in [2.75, 3.05) is 52.4 Å². The third-order valence-corrected chi connectivity index (χ3v) is 4.81. The van der Waals surface area contributed by atoms with Gasteiger partial charge in [-0.3, -0.25) is 24.6 Å². The van der Waals surface area contributed by atoms with Gasteiger partial charge in [0, 0.05) is 45.3 Å². The maximum absolute atomic E-state index is 12.4. The van der Waals surface area contributed by atoms with Crippen molar-refractivity contribution in [3.8, 4) is 5.75 Å². The molecule has 0 radical (unpaired) electrons. The lowest BCUT2D eigenvalue weighted by Crippen LogP contribution is -2.42. The van der Waals surface area contributed by atoms with E-state index in [0.717, 1.165) is 13.0 Å². The minimum Gasteiger partial charge on any atom is -0.484 e. The quantitative estimate of drug-likeness (QED) is 0.490. The summed E-state index contributed by atoms with van der Waals surface area (Å²) in [6.45, 7) is 8.06. The molecule has 0 unspecified atom stereocenters. The van der Waals surface area contributed by atoms with Crippen LogP contribution >= 0.6 is 0 Å². The van der Waals surface area contributed by atoms with Gasteiger partial charge in [-0.25, -0.2) is 0 Å². The molecule has 0 atom stereocenters. The molecule has 1 aromatic rings. The van der Waals surface area contributed by atoms with Gasteiger partial charge in [0.15, 0.2) is 6.61 Å². The number of carbonyl (C=O) groups excluding carboxylic acids is 2. The van der Waals surface area contributed by atoms with Crippen LogP contribution in [-0.4, -0.2) is 83.9 Å². The highest BCUT2D eigenvalue weighted by molar-refractivity contribution is 5.78. The fourth-order valence-electron chi connectivity index (χ4n) is 3.17. The molecule has 0 N–H and O–H groups in total. The summed E-state index contributed by atoms with van der Waals surface area (Å²) < 4.78 is 5.43. The number of rotatable bonds is 8. The van der Waals surface area contributed by atoms with Crippen LogP contribution in [0.1, 0.15) is 20.3 Å². The smallest absolute Gasteiger partial charge is 0.273 e. The molecule has 1 aliphatic heterocycles. The number of nitro groups is 1. The Balaban J connectivity index is 1.83. The van der Waals surface area contributed by atoms with Crippen LogP contribution in [-0.2, 0) is 9.59 Å². The number of likely N-dealkylation sites (N-methyl/N-ethyl adjacent to an activating group) is 1. The van der Waals surface area contributed by atoms with Gasteiger partial charge in [-0.05, 0) is 26.3 Å². The van der Waals surface area contributed by atoms with Crippen LogP contribution in [0.3, 0.4) is 0 Å². The van der Waals surface area contributed by atoms with E-state index in [1.165, 1.54) is 18.2 Å². The molecule has 0 bridgehead atoms. The van der Waals surface area contributed by atoms with Crippen molar-refractivity contribution >= 4 is 17.5 Å². The van der Waals surface area contributed by atoms with Gasteiger partial charge in [0.25, 0.3) is 11.6 Å². The molecule has 1 aliphatic rings. The molecule has 9 nitrogen and oxygen atoms in total. The molecule has 0 aliphatic carbocycles. The lowest BCUT2D eigenvalue weighted by molar-refractivity contribution is -0.384. The Kier molecular flexibility index (Phi) is 8.19. The summed E-state index contributed by atoms with van der Waals surface area (Å²) >= 11 is 0. The molecule has 0 saturated carbocycles. The van der Waals surface area contributed by atoms with Crippen LogP contribution < -0.4 is 4.74 Å². The molecular weight excluding hydrogens is 364 g/mol. The van der Waals surface area contributed by atoms with E-state index >= 15 is 0 Å². The number of nitrogens with zero attached hydrogens (tertiary/aromatic N) is 4. The number of amides is 2. The molecule has 0 spiro atoms. The van der Waals surface area contributed by atoms with Crippen LogP contribution in [0.15, 0.2) is 24.3 Å². The first kappa shape index (κ1) is 21.6. The summed E-state index contributed by atoms with van der Waals surface area (Å²) in [6.07, 6.45) is 0.786. The topological polar surface area (TPSA) is 96.2 Å². The van der Waals surface area contributed by atoms with E-state index in [-0.39, 0.29) is 24.1 Å². The maximum Gasteiger partial charge on any atom is 0.273 e. The first-order valence-corrected chi connectivity index (χ1v) is 9.59. The van der Waals surface area contributed by atoms with Gasteiger partial charge in [-0.1, -0.05) is 6.07 Å². The largest absolute Gasteiger partial charge is 0.484 e. The number of carbonyl (C=O) groups is 2. The third kappa shape index (κ3) is 6.19. The summed E-state index contributed by atoms with van der Waals surface area (Å²) in [5, 5.41) is 10.8. The van der Waals surface area contributed by atoms with Gasteiger partial charge < -0.3 is 14.5 Å². The van der Waals surface area contributed by atoms with Crippen molar-refractivity contribution < 1.29 is 19.2 Å². The Hall–Kier alpha value is -2.68. The second-order valence-corrected chi connectivity index (χ2v) is 6.62. The van der Waals surface area contributed by atoms with Crippen molar-refractivity contribution in [2.24, 2.45) is 0 Å². The summed E-state index contributed by atoms with van der Waals surface area (Å²) in [4.78, 5) is 40.6. The molecule has 28 heavy (non-hydrogen) atoms. The van der Waals surface area contributed by atoms with Crippen LogP contribution in [0.5, 0.6) is 5.75 Å². The molecular formula is C19H28N4O5. The van der Waals surface area contributed by atoms with Crippen molar-refractivity contribution in [1.29, 1.82) is 0 Å². The summed E-state index contributed by atoms with van der Waals surface area (Å²) in [6, 6.07) is 5.78. The van der Waals surface area contributed by atoms with E-state index in [0.29, 0.717) is 45.0 Å². The van der Waals surface area contributed by atoms with Crippen molar-refractivity contribution in [1.82, 2.24) is 14.7 Å². The Bertz CT molecular complexity index is 693. The van der Waals surface area contributed by atoms with Gasteiger partial charge in [0.2, 0.25) is 5.91 Å². The number of benzene rings is 1. The average Bonchev–Trinajstić information content (AvgIpc) is 2.93. The molecule has 1 fully saturated rings. The highest BCUT2D eigenvalue weighted by atomic mass is 16.6. The summed E-state index contributed by atoms with van der Waals surface area (Å²) in [5.74, 6) is 0.242. The van der Waals surface area contributed by atoms with Crippen molar-refractivity contribution in [2.45, 2.75) is 20.3 Å². The van der Waals surface area contributed by atoms with Crippen LogP contribution in [0, 0.1) is 10.1 Å². The highest BCUT2D eigenvalue weighted by Crippen LogP contribution is 2.19. The standard InChI is InChI=1S/C19H28N4O5/c1-3-21(4-2)18(24)14-20-9-6-10-22(12-11-20)19(25)15-28-17-8-5-7-16(13-17)23(26)27/h5,7-8,13H,3-4,6,9-12,14-15H2,1-2H3. The average molecular weight is 392 g/mol. The monoisotopic (exact) mass is 392 g/mol. The number of hydrogen-bond donors (Lipinski definition) is 0. The highest BCUT2D eigenvalue weighted by Gasteiger charge is 2.22. The second-order valence-electron chi connectivity index (χ2n) is 6.62. The van der Waals surface area contributed by atoms with E-state index in [4.69, 9.17) is 4.74 Å². The van der Waals surface area contributed by atoms with E-state index in [1.54, 1.807) is 15.9 Å². The van der Waals surface area contributed by atoms with Crippen LogP contribution in [0.4, 0.5) is 5.69 Å². The summed E-state index contributed by atoms with van der Waals surface area (Å²) in [5.41, 5.74) is -0.0757. The zero-order chi connectivity index (χ0) is 20.5. The lowest BCUT2D eigenvalue weighted by Gasteiger charge is -2.25. The molecule has 154 valence electrons. The van der Waals surface area contributed by atoms with Gasteiger partial charge in [-0.15, -0.1) is 0 Å². The second kappa shape index (κ2) is 10.6. The van der Waals surface area contributed by atoms with Gasteiger partial charge in [0.1, 0.15) is 5.75 Å². The zero-order valence-corrected chi connectivity index (χ0v) is 16.5. The fourth-order valence-corrected chi connectivity index (χ4v) is 3.17. The maximum atomic E-state index is 12.4. The molecule has 9 heteroatoms. The SMILES string of the molecule is CCN(CC)C(=O)CN1CCCN(C(=O)COc2cccc([N+](=O)[O-])c2)CC1. The Morgan fingerprint density at radius 3 is 2.61 bits per heavy atom. The number of non-ortho nitro benzene ring substituents is 1. The predicted molar refractivity (Wildman–Crippen MR) is 104 cm³/mol. The molecule has 2 amide bonds. The Morgan fingerprint density at radius 2 is 1.93 bits per heavy atom. The van der Waals surface area contributed by atoms with E-state index in [2.05, 4.69) is 4.90 Å². The molecule has 1 saturated heterocycles. The molecule has 2 rings (SSSR count). The van der Waals surface area contributed by atoms with Gasteiger partial charge in [-0.2, -0.15) is 0 Å². The zero-order valence-electron chi connectivity index (χ0n) is 16.5. The molecule has 0 aromatic heterocycles. The normalized spacial score (nSPS) is 15.0. The minimum absolute atomic E-state index is 0.0757. The minimum atomic E-state index is -0.502. The third-order valence-electron chi connectivity index (χ3n) is 4.81. The van der Waals surface area contributed by atoms with Gasteiger partial charge in [0.05, 0.1) is 17.5 Å². The van der Waals surface area contributed by atoms with Crippen LogP contribution in [0.2, 0.25) is 0 Å². The van der Waals surface area contributed by atoms with Crippen molar-refractivity contribution in [3.63, 3.8) is 0 Å². The Morgan fingerprint density at radius 1 is 1.18 bits per heavy atom. The Labute approximate surface area is 165 Å². The first-order chi connectivity index (χ1) is 13.4. The summed E-state index contributed by atoms with van der Waals surface area (Å²) in [7, 11) is 0. The first-order valence-electron chi connectivity index (χ1n) is 9.59. The van der Waals surface area contributed by atoms with Crippen molar-refractivity contribution in [3.05, 3.63) is 34.4 Å². The van der Waals surface area contributed by atoms with E-state index in [9.17, 15) is 19.7 Å². The van der Waals surface area contributed by atoms with E-state index in [1.807, 2.05) is 13.8 Å². The number of nitro benzene ring substituents is 1. The predicted octanol–water partition coefficient (Wildman–Crippen LogP) is 1.38. The lowest BCUT2D eigenvalue weighted by atomic mass is 10.3. The molecule has 1 aromatic carbocycles. The molecule has 1 heterocycles. The number of hydrogen-bond acceptors (Lipinski definition) is 6. The fraction of sp³-hybridized carbons (Fsp3) is 0.579. The number of ether oxygens (including phenoxy) is 1. The van der Waals surface area contributed by atoms with E-state index < -0.39 is 4.92 Å². The van der Waals surface area contributed by atoms with Gasteiger partial charge >= 0.3 is 0 Å². The van der Waals surface area contributed by atoms with Crippen LogP contribution in [0.25, 0.3) is 0 Å².